The third kappa shape index (κ3) is 4.17. The van der Waals surface area contributed by atoms with Crippen molar-refractivity contribution < 1.29 is 48.3 Å². The second-order valence-electron chi connectivity index (χ2n) is 6.74. The van der Waals surface area contributed by atoms with Crippen molar-refractivity contribution in [3.05, 3.63) is 53.6 Å². The summed E-state index contributed by atoms with van der Waals surface area (Å²) in [6, 6.07) is 6.86. The number of ether oxygens (including phenoxy) is 2. The van der Waals surface area contributed by atoms with Crippen molar-refractivity contribution in [3.8, 4) is 16.9 Å². The zero-order chi connectivity index (χ0) is 22.2. The second-order valence-corrected chi connectivity index (χ2v) is 6.74. The van der Waals surface area contributed by atoms with Crippen molar-refractivity contribution in [2.45, 2.75) is 37.6 Å². The highest BCUT2D eigenvalue weighted by Crippen LogP contribution is 2.32. The number of carboxylic acid groups (broad SMARTS) is 1. The van der Waals surface area contributed by atoms with E-state index < -0.39 is 54.1 Å². The molecule has 0 aliphatic carbocycles. The van der Waals surface area contributed by atoms with E-state index in [9.17, 15) is 33.7 Å². The molecule has 1 aliphatic rings. The Balaban J connectivity index is 1.94. The summed E-state index contributed by atoms with van der Waals surface area (Å²) in [6.45, 7) is 1.20. The Morgan fingerprint density at radius 1 is 1.00 bits per heavy atom. The maximum atomic E-state index is 14.1. The number of rotatable bonds is 5. The fourth-order valence-electron chi connectivity index (χ4n) is 3.07. The van der Waals surface area contributed by atoms with E-state index in [1.807, 2.05) is 0 Å². The van der Waals surface area contributed by atoms with Gasteiger partial charge in [-0.3, -0.25) is 4.79 Å². The van der Waals surface area contributed by atoms with Crippen LogP contribution < -0.4 is 4.74 Å². The Hall–Kier alpha value is -2.92. The molecule has 5 atom stereocenters. The molecule has 1 heterocycles. The molecule has 1 unspecified atom stereocenters. The Labute approximate surface area is 168 Å². The van der Waals surface area contributed by atoms with Gasteiger partial charge in [-0.05, 0) is 36.8 Å². The number of aliphatic hydroxyl groups excluding tert-OH is 3. The highest BCUT2D eigenvalue weighted by molar-refractivity contribution is 5.98. The van der Waals surface area contributed by atoms with Crippen LogP contribution in [0.1, 0.15) is 17.3 Å². The summed E-state index contributed by atoms with van der Waals surface area (Å²) in [4.78, 5) is 23.3. The molecule has 0 radical (unpaired) electrons. The second kappa shape index (κ2) is 8.44. The maximum Gasteiger partial charge on any atom is 0.335 e. The van der Waals surface area contributed by atoms with Crippen LogP contribution in [0.15, 0.2) is 36.4 Å². The fraction of sp³-hybridized carbons (Fsp3) is 0.300. The van der Waals surface area contributed by atoms with Gasteiger partial charge in [0, 0.05) is 11.6 Å². The van der Waals surface area contributed by atoms with Gasteiger partial charge in [0.25, 0.3) is 0 Å². The quantitative estimate of drug-likeness (QED) is 0.525. The summed E-state index contributed by atoms with van der Waals surface area (Å²) < 4.78 is 37.7. The van der Waals surface area contributed by atoms with Crippen LogP contribution in [0.5, 0.6) is 5.75 Å². The molecule has 2 aromatic rings. The molecular weight excluding hydrogens is 406 g/mol. The van der Waals surface area contributed by atoms with Crippen LogP contribution in [0.4, 0.5) is 8.78 Å². The molecule has 160 valence electrons. The smallest absolute Gasteiger partial charge is 0.335 e. The number of Topliss-reactive ketones (excluding diaryl/α,β-unsaturated/α-hetero) is 1. The monoisotopic (exact) mass is 424 g/mol. The number of benzene rings is 2. The molecule has 0 bridgehead atoms. The normalized spacial score (nSPS) is 26.3. The number of carbonyl (C=O) groups excluding carboxylic acids is 1. The molecule has 30 heavy (non-hydrogen) atoms. The number of carbonyl (C=O) groups is 2. The van der Waals surface area contributed by atoms with Crippen LogP contribution in [-0.2, 0) is 9.53 Å². The molecule has 2 aromatic carbocycles. The summed E-state index contributed by atoms with van der Waals surface area (Å²) >= 11 is 0. The van der Waals surface area contributed by atoms with Gasteiger partial charge in [-0.15, -0.1) is 0 Å². The third-order valence-corrected chi connectivity index (χ3v) is 4.66. The molecule has 0 spiro atoms. The largest absolute Gasteiger partial charge is 0.479 e. The lowest BCUT2D eigenvalue weighted by molar-refractivity contribution is -0.271. The standard InChI is InChI=1S/C20H18F2O8/c1-8(23)12-6-9(11-4-3-10(21)7-13(11)22)2-5-14(12)29-20-17(26)15(24)16(25)18(30-20)19(27)28/h2-7,15-18,20,24-26H,1H3,(H,27,28)/t15-,16-,17+,18-,20?/m0/s1. The number of aliphatic carboxylic acids is 1. The molecule has 8 nitrogen and oxygen atoms in total. The van der Waals surface area contributed by atoms with Crippen molar-refractivity contribution in [3.63, 3.8) is 0 Å². The summed E-state index contributed by atoms with van der Waals surface area (Å²) in [6.07, 6.45) is -9.17. The van der Waals surface area contributed by atoms with Crippen LogP contribution in [0.3, 0.4) is 0 Å². The van der Waals surface area contributed by atoms with Crippen LogP contribution >= 0.6 is 0 Å². The Morgan fingerprint density at radius 2 is 1.70 bits per heavy atom. The highest BCUT2D eigenvalue weighted by atomic mass is 19.1. The van der Waals surface area contributed by atoms with Crippen molar-refractivity contribution in [2.75, 3.05) is 0 Å². The molecule has 1 fully saturated rings. The first kappa shape index (κ1) is 21.8. The molecule has 0 saturated carbocycles. The van der Waals surface area contributed by atoms with Crippen molar-refractivity contribution in [1.82, 2.24) is 0 Å². The predicted molar refractivity (Wildman–Crippen MR) is 96.7 cm³/mol. The Morgan fingerprint density at radius 3 is 2.30 bits per heavy atom. The van der Waals surface area contributed by atoms with E-state index >= 15 is 0 Å². The number of carboxylic acids is 1. The predicted octanol–water partition coefficient (Wildman–Crippen LogP) is 1.11. The van der Waals surface area contributed by atoms with E-state index in [2.05, 4.69) is 0 Å². The lowest BCUT2D eigenvalue weighted by atomic mass is 9.98. The number of ketones is 1. The number of hydrogen-bond donors (Lipinski definition) is 4. The minimum atomic E-state index is -1.89. The number of aliphatic hydroxyl groups is 3. The lowest BCUT2D eigenvalue weighted by Gasteiger charge is -2.38. The van der Waals surface area contributed by atoms with Gasteiger partial charge in [-0.2, -0.15) is 0 Å². The molecule has 10 heteroatoms. The molecule has 4 N–H and O–H groups in total. The fourth-order valence-corrected chi connectivity index (χ4v) is 3.07. The molecule has 1 saturated heterocycles. The molecule has 0 amide bonds. The number of halogens is 2. The summed E-state index contributed by atoms with van der Waals surface area (Å²) in [7, 11) is 0. The first-order valence-corrected chi connectivity index (χ1v) is 8.79. The van der Waals surface area contributed by atoms with Gasteiger partial charge in [0.1, 0.15) is 35.7 Å². The van der Waals surface area contributed by atoms with Gasteiger partial charge in [0.15, 0.2) is 11.9 Å². The highest BCUT2D eigenvalue weighted by Gasteiger charge is 2.48. The number of hydrogen-bond acceptors (Lipinski definition) is 7. The van der Waals surface area contributed by atoms with E-state index in [1.54, 1.807) is 0 Å². The lowest BCUT2D eigenvalue weighted by Crippen LogP contribution is -2.61. The van der Waals surface area contributed by atoms with Crippen LogP contribution in [0, 0.1) is 11.6 Å². The minimum absolute atomic E-state index is 0.0314. The first-order valence-electron chi connectivity index (χ1n) is 8.79. The SMILES string of the molecule is CC(=O)c1cc(-c2ccc(F)cc2F)ccc1OC1O[C@H](C(=O)O)[C@@H](O)[C@H](O)[C@H]1O. The zero-order valence-corrected chi connectivity index (χ0v) is 15.5. The van der Waals surface area contributed by atoms with Gasteiger partial charge >= 0.3 is 5.97 Å². The first-order chi connectivity index (χ1) is 14.1. The van der Waals surface area contributed by atoms with Gasteiger partial charge in [0.2, 0.25) is 6.29 Å². The van der Waals surface area contributed by atoms with Crippen LogP contribution in [0.2, 0.25) is 0 Å². The average Bonchev–Trinajstić information content (AvgIpc) is 2.68. The van der Waals surface area contributed by atoms with Gasteiger partial charge in [-0.1, -0.05) is 6.07 Å². The van der Waals surface area contributed by atoms with Gasteiger partial charge in [0.05, 0.1) is 5.56 Å². The van der Waals surface area contributed by atoms with Crippen LogP contribution in [-0.4, -0.2) is 62.9 Å². The van der Waals surface area contributed by atoms with E-state index in [1.165, 1.54) is 31.2 Å². The van der Waals surface area contributed by atoms with Crippen molar-refractivity contribution in [2.24, 2.45) is 0 Å². The maximum absolute atomic E-state index is 14.1. The third-order valence-electron chi connectivity index (χ3n) is 4.66. The molecular formula is C20H18F2O8. The Kier molecular flexibility index (Phi) is 6.13. The summed E-state index contributed by atoms with van der Waals surface area (Å²) in [5.74, 6) is -3.83. The van der Waals surface area contributed by atoms with E-state index in [-0.39, 0.29) is 22.4 Å². The molecule has 1 aliphatic heterocycles. The van der Waals surface area contributed by atoms with E-state index in [4.69, 9.17) is 14.6 Å². The molecule has 3 rings (SSSR count). The van der Waals surface area contributed by atoms with Crippen molar-refractivity contribution in [1.29, 1.82) is 0 Å². The zero-order valence-electron chi connectivity index (χ0n) is 15.5. The Bertz CT molecular complexity index is 979. The topological polar surface area (TPSA) is 134 Å². The van der Waals surface area contributed by atoms with Crippen molar-refractivity contribution >= 4 is 11.8 Å². The van der Waals surface area contributed by atoms with Gasteiger partial charge in [-0.25, -0.2) is 13.6 Å². The van der Waals surface area contributed by atoms with E-state index in [0.29, 0.717) is 6.07 Å². The minimum Gasteiger partial charge on any atom is -0.479 e. The van der Waals surface area contributed by atoms with E-state index in [0.717, 1.165) is 6.07 Å². The van der Waals surface area contributed by atoms with Crippen LogP contribution in [0.25, 0.3) is 11.1 Å². The summed E-state index contributed by atoms with van der Waals surface area (Å²) in [5.41, 5.74) is 0.220. The molecule has 0 aromatic heterocycles. The van der Waals surface area contributed by atoms with Gasteiger partial charge < -0.3 is 29.9 Å². The summed E-state index contributed by atoms with van der Waals surface area (Å²) in [5, 5.41) is 38.8. The average molecular weight is 424 g/mol.